The maximum atomic E-state index is 10.9. The Hall–Kier alpha value is -0.610. The summed E-state index contributed by atoms with van der Waals surface area (Å²) in [7, 11) is 0. The van der Waals surface area contributed by atoms with Gasteiger partial charge in [0.2, 0.25) is 0 Å². The van der Waals surface area contributed by atoms with Crippen LogP contribution in [0.1, 0.15) is 20.3 Å². The average molecular weight is 213 g/mol. The number of carbonyl (C=O) groups is 1. The summed E-state index contributed by atoms with van der Waals surface area (Å²) >= 11 is 0. The lowest BCUT2D eigenvalue weighted by Gasteiger charge is -2.53. The van der Waals surface area contributed by atoms with E-state index in [0.717, 1.165) is 19.7 Å². The quantitative estimate of drug-likeness (QED) is 0.751. The molecule has 1 N–H and O–H groups in total. The standard InChI is InChI=1S/C11H19NO3/c1-3-15-10-8-4-9(10)6-12(5-8)7(2)11(13)14/h7-10H,3-6H2,1-2H3,(H,13,14)/t7-,8+,9+/m1/s1. The fourth-order valence-electron chi connectivity index (χ4n) is 2.82. The molecule has 0 unspecified atom stereocenters. The maximum absolute atomic E-state index is 10.9. The summed E-state index contributed by atoms with van der Waals surface area (Å²) in [5.74, 6) is 0.403. The second kappa shape index (κ2) is 4.10. The number of fused-ring (bicyclic) bond motifs is 2. The van der Waals surface area contributed by atoms with Gasteiger partial charge in [0, 0.05) is 19.7 Å². The summed E-state index contributed by atoms with van der Waals surface area (Å²) in [5.41, 5.74) is 0. The molecule has 0 amide bonds. The summed E-state index contributed by atoms with van der Waals surface area (Å²) in [4.78, 5) is 12.9. The molecule has 4 nitrogen and oxygen atoms in total. The van der Waals surface area contributed by atoms with E-state index in [1.807, 2.05) is 6.92 Å². The second-order valence-corrected chi connectivity index (χ2v) is 4.64. The summed E-state index contributed by atoms with van der Waals surface area (Å²) in [5, 5.41) is 8.93. The second-order valence-electron chi connectivity index (χ2n) is 4.64. The first-order valence-electron chi connectivity index (χ1n) is 5.72. The lowest BCUT2D eigenvalue weighted by molar-refractivity contribution is -0.162. The SMILES string of the molecule is CCOC1[C@H]2C[C@H]1CN([C@H](C)C(=O)O)C2. The van der Waals surface area contributed by atoms with Crippen LogP contribution in [-0.2, 0) is 9.53 Å². The van der Waals surface area contributed by atoms with Crippen molar-refractivity contribution in [3.63, 3.8) is 0 Å². The molecule has 0 radical (unpaired) electrons. The zero-order chi connectivity index (χ0) is 11.0. The van der Waals surface area contributed by atoms with E-state index in [0.29, 0.717) is 17.9 Å². The molecule has 2 bridgehead atoms. The topological polar surface area (TPSA) is 49.8 Å². The van der Waals surface area contributed by atoms with E-state index in [4.69, 9.17) is 9.84 Å². The van der Waals surface area contributed by atoms with Crippen LogP contribution in [0.4, 0.5) is 0 Å². The van der Waals surface area contributed by atoms with Crippen LogP contribution in [0.3, 0.4) is 0 Å². The Balaban J connectivity index is 1.89. The van der Waals surface area contributed by atoms with E-state index < -0.39 is 5.97 Å². The predicted molar refractivity (Wildman–Crippen MR) is 55.7 cm³/mol. The lowest BCUT2D eigenvalue weighted by Crippen LogP contribution is -2.61. The molecule has 2 saturated heterocycles. The van der Waals surface area contributed by atoms with Gasteiger partial charge in [0.15, 0.2) is 0 Å². The van der Waals surface area contributed by atoms with Crippen molar-refractivity contribution in [2.75, 3.05) is 19.7 Å². The molecule has 0 aromatic heterocycles. The molecule has 0 aromatic carbocycles. The number of hydrogen-bond donors (Lipinski definition) is 1. The fourth-order valence-corrected chi connectivity index (χ4v) is 2.82. The van der Waals surface area contributed by atoms with Gasteiger partial charge >= 0.3 is 5.97 Å². The van der Waals surface area contributed by atoms with Gasteiger partial charge in [-0.15, -0.1) is 0 Å². The molecule has 2 aliphatic heterocycles. The molecular weight excluding hydrogens is 194 g/mol. The highest BCUT2D eigenvalue weighted by Crippen LogP contribution is 2.42. The van der Waals surface area contributed by atoms with Crippen molar-refractivity contribution in [1.82, 2.24) is 4.90 Å². The molecule has 2 heterocycles. The van der Waals surface area contributed by atoms with Crippen LogP contribution in [0.2, 0.25) is 0 Å². The van der Waals surface area contributed by atoms with Gasteiger partial charge in [0.1, 0.15) is 6.04 Å². The summed E-state index contributed by atoms with van der Waals surface area (Å²) in [6.07, 6.45) is 1.61. The van der Waals surface area contributed by atoms with Crippen molar-refractivity contribution in [1.29, 1.82) is 0 Å². The molecule has 3 fully saturated rings. The Morgan fingerprint density at radius 2 is 2.13 bits per heavy atom. The molecule has 4 heteroatoms. The van der Waals surface area contributed by atoms with Crippen molar-refractivity contribution >= 4 is 5.97 Å². The minimum atomic E-state index is -0.718. The van der Waals surface area contributed by atoms with Crippen molar-refractivity contribution < 1.29 is 14.6 Å². The Kier molecular flexibility index (Phi) is 2.98. The first kappa shape index (κ1) is 10.9. The first-order valence-corrected chi connectivity index (χ1v) is 5.72. The van der Waals surface area contributed by atoms with E-state index in [-0.39, 0.29) is 6.04 Å². The van der Waals surface area contributed by atoms with Crippen molar-refractivity contribution in [3.8, 4) is 0 Å². The predicted octanol–water partition coefficient (Wildman–Crippen LogP) is 0.816. The van der Waals surface area contributed by atoms with E-state index in [2.05, 4.69) is 4.90 Å². The molecule has 1 saturated carbocycles. The number of hydrogen-bond acceptors (Lipinski definition) is 3. The maximum Gasteiger partial charge on any atom is 0.320 e. The number of piperidine rings is 2. The zero-order valence-electron chi connectivity index (χ0n) is 9.35. The van der Waals surface area contributed by atoms with Crippen molar-refractivity contribution in [2.24, 2.45) is 11.8 Å². The van der Waals surface area contributed by atoms with Crippen LogP contribution in [0.5, 0.6) is 0 Å². The molecule has 15 heavy (non-hydrogen) atoms. The Bertz CT molecular complexity index is 244. The van der Waals surface area contributed by atoms with Gasteiger partial charge in [-0.2, -0.15) is 0 Å². The number of nitrogens with zero attached hydrogens (tertiary/aromatic N) is 1. The number of carboxylic acids is 1. The van der Waals surface area contributed by atoms with E-state index in [9.17, 15) is 4.79 Å². The Morgan fingerprint density at radius 3 is 2.60 bits per heavy atom. The smallest absolute Gasteiger partial charge is 0.320 e. The van der Waals surface area contributed by atoms with Gasteiger partial charge in [0.25, 0.3) is 0 Å². The van der Waals surface area contributed by atoms with Crippen molar-refractivity contribution in [3.05, 3.63) is 0 Å². The molecule has 3 aliphatic rings. The molecule has 3 atom stereocenters. The zero-order valence-corrected chi connectivity index (χ0v) is 9.35. The first-order chi connectivity index (χ1) is 7.13. The number of rotatable bonds is 4. The van der Waals surface area contributed by atoms with E-state index in [1.165, 1.54) is 6.42 Å². The fraction of sp³-hybridized carbons (Fsp3) is 0.909. The molecular formula is C11H19NO3. The van der Waals surface area contributed by atoms with E-state index >= 15 is 0 Å². The number of carboxylic acid groups (broad SMARTS) is 1. The largest absolute Gasteiger partial charge is 0.480 e. The van der Waals surface area contributed by atoms with E-state index in [1.54, 1.807) is 6.92 Å². The van der Waals surface area contributed by atoms with Gasteiger partial charge in [-0.3, -0.25) is 9.69 Å². The molecule has 0 spiro atoms. The summed E-state index contributed by atoms with van der Waals surface area (Å²) < 4.78 is 5.66. The highest BCUT2D eigenvalue weighted by molar-refractivity contribution is 5.72. The van der Waals surface area contributed by atoms with Gasteiger partial charge in [0.05, 0.1) is 6.10 Å². The van der Waals surface area contributed by atoms with Gasteiger partial charge in [-0.05, 0) is 32.1 Å². The normalized spacial score (nSPS) is 37.1. The molecule has 0 aromatic rings. The average Bonchev–Trinajstić information content (AvgIpc) is 2.24. The third kappa shape index (κ3) is 1.88. The van der Waals surface area contributed by atoms with Crippen LogP contribution in [0.25, 0.3) is 0 Å². The van der Waals surface area contributed by atoms with Crippen LogP contribution >= 0.6 is 0 Å². The Labute approximate surface area is 90.2 Å². The van der Waals surface area contributed by atoms with Gasteiger partial charge in [-0.25, -0.2) is 0 Å². The molecule has 86 valence electrons. The summed E-state index contributed by atoms with van der Waals surface area (Å²) in [6.45, 7) is 6.32. The van der Waals surface area contributed by atoms with Crippen molar-refractivity contribution in [2.45, 2.75) is 32.4 Å². The van der Waals surface area contributed by atoms with Crippen LogP contribution in [0, 0.1) is 11.8 Å². The Morgan fingerprint density at radius 1 is 1.53 bits per heavy atom. The van der Waals surface area contributed by atoms with Crippen LogP contribution < -0.4 is 0 Å². The number of ether oxygens (including phenoxy) is 1. The van der Waals surface area contributed by atoms with Crippen LogP contribution in [-0.4, -0.2) is 47.8 Å². The number of aliphatic carboxylic acids is 1. The highest BCUT2D eigenvalue weighted by Gasteiger charge is 2.48. The summed E-state index contributed by atoms with van der Waals surface area (Å²) in [6, 6.07) is -0.349. The minimum Gasteiger partial charge on any atom is -0.480 e. The minimum absolute atomic E-state index is 0.349. The highest BCUT2D eigenvalue weighted by atomic mass is 16.5. The third-order valence-corrected chi connectivity index (χ3v) is 3.74. The van der Waals surface area contributed by atoms with Gasteiger partial charge < -0.3 is 9.84 Å². The molecule has 1 aliphatic carbocycles. The van der Waals surface area contributed by atoms with Gasteiger partial charge in [-0.1, -0.05) is 0 Å². The third-order valence-electron chi connectivity index (χ3n) is 3.74. The lowest BCUT2D eigenvalue weighted by atomic mass is 9.67. The molecule has 3 rings (SSSR count). The van der Waals surface area contributed by atoms with Crippen LogP contribution in [0.15, 0.2) is 0 Å². The monoisotopic (exact) mass is 213 g/mol.